The molecule has 144 valence electrons. The Bertz CT molecular complexity index is 572. The summed E-state index contributed by atoms with van der Waals surface area (Å²) in [5.74, 6) is 2.41. The SMILES string of the molecule is C=CCCC1CCC(C2CCC(OCc3ccc(F)c(Cl)c3)CC2)CC1. The molecule has 1 aromatic rings. The maximum atomic E-state index is 13.2. The third-order valence-electron chi connectivity index (χ3n) is 6.53. The van der Waals surface area contributed by atoms with Crippen LogP contribution in [-0.2, 0) is 11.3 Å². The fourth-order valence-electron chi connectivity index (χ4n) is 4.87. The Morgan fingerprint density at radius 2 is 1.69 bits per heavy atom. The van der Waals surface area contributed by atoms with E-state index in [4.69, 9.17) is 16.3 Å². The second kappa shape index (κ2) is 9.90. The van der Waals surface area contributed by atoms with Gasteiger partial charge in [0, 0.05) is 0 Å². The molecule has 0 spiro atoms. The first-order chi connectivity index (χ1) is 12.7. The zero-order valence-electron chi connectivity index (χ0n) is 15.8. The second-order valence-electron chi connectivity index (χ2n) is 8.24. The molecule has 26 heavy (non-hydrogen) atoms. The minimum atomic E-state index is -0.366. The van der Waals surface area contributed by atoms with Crippen LogP contribution in [0.1, 0.15) is 69.8 Å². The van der Waals surface area contributed by atoms with E-state index in [-0.39, 0.29) is 10.8 Å². The van der Waals surface area contributed by atoms with Crippen LogP contribution in [0.15, 0.2) is 30.9 Å². The topological polar surface area (TPSA) is 9.23 Å². The lowest BCUT2D eigenvalue weighted by Crippen LogP contribution is -2.28. The molecule has 2 aliphatic rings. The van der Waals surface area contributed by atoms with Crippen LogP contribution in [0, 0.1) is 23.6 Å². The Balaban J connectivity index is 1.36. The zero-order valence-corrected chi connectivity index (χ0v) is 16.5. The Morgan fingerprint density at radius 1 is 1.04 bits per heavy atom. The lowest BCUT2D eigenvalue weighted by Gasteiger charge is -2.37. The standard InChI is InChI=1S/C23H32ClFO/c1-2-3-4-17-5-8-19(9-6-17)20-10-12-21(13-11-20)26-16-18-7-14-23(25)22(24)15-18/h2,7,14-15,17,19-21H,1,3-6,8-13,16H2. The number of benzene rings is 1. The van der Waals surface area contributed by atoms with Crippen LogP contribution < -0.4 is 0 Å². The Labute approximate surface area is 163 Å². The predicted octanol–water partition coefficient (Wildman–Crippen LogP) is 7.33. The van der Waals surface area contributed by atoms with Gasteiger partial charge >= 0.3 is 0 Å². The van der Waals surface area contributed by atoms with Crippen molar-refractivity contribution in [1.29, 1.82) is 0 Å². The molecule has 0 amide bonds. The minimum absolute atomic E-state index is 0.179. The largest absolute Gasteiger partial charge is 0.374 e. The van der Waals surface area contributed by atoms with E-state index < -0.39 is 0 Å². The third-order valence-corrected chi connectivity index (χ3v) is 6.82. The van der Waals surface area contributed by atoms with E-state index in [1.54, 1.807) is 12.1 Å². The van der Waals surface area contributed by atoms with Crippen molar-refractivity contribution >= 4 is 11.6 Å². The summed E-state index contributed by atoms with van der Waals surface area (Å²) >= 11 is 5.84. The number of hydrogen-bond donors (Lipinski definition) is 0. The maximum absolute atomic E-state index is 13.2. The smallest absolute Gasteiger partial charge is 0.141 e. The summed E-state index contributed by atoms with van der Waals surface area (Å²) in [6.45, 7) is 4.38. The Kier molecular flexibility index (Phi) is 7.57. The average molecular weight is 379 g/mol. The molecule has 0 radical (unpaired) electrons. The van der Waals surface area contributed by atoms with Crippen molar-refractivity contribution < 1.29 is 9.13 Å². The van der Waals surface area contributed by atoms with Gasteiger partial charge in [0.1, 0.15) is 5.82 Å². The van der Waals surface area contributed by atoms with Gasteiger partial charge in [-0.1, -0.05) is 36.6 Å². The van der Waals surface area contributed by atoms with Crippen molar-refractivity contribution in [2.75, 3.05) is 0 Å². The summed E-state index contributed by atoms with van der Waals surface area (Å²) < 4.78 is 19.3. The van der Waals surface area contributed by atoms with Gasteiger partial charge in [-0.25, -0.2) is 4.39 Å². The fraction of sp³-hybridized carbons (Fsp3) is 0.652. The minimum Gasteiger partial charge on any atom is -0.374 e. The molecule has 0 heterocycles. The van der Waals surface area contributed by atoms with Gasteiger partial charge in [-0.2, -0.15) is 0 Å². The Hall–Kier alpha value is -0.860. The van der Waals surface area contributed by atoms with E-state index in [1.165, 1.54) is 57.4 Å². The van der Waals surface area contributed by atoms with Crippen molar-refractivity contribution in [3.05, 3.63) is 47.3 Å². The van der Waals surface area contributed by atoms with Crippen molar-refractivity contribution in [3.8, 4) is 0 Å². The lowest BCUT2D eigenvalue weighted by molar-refractivity contribution is -0.00283. The molecule has 1 nitrogen and oxygen atoms in total. The third kappa shape index (κ3) is 5.57. The highest BCUT2D eigenvalue weighted by molar-refractivity contribution is 6.30. The molecule has 0 saturated heterocycles. The highest BCUT2D eigenvalue weighted by Gasteiger charge is 2.30. The van der Waals surface area contributed by atoms with Gasteiger partial charge in [0.05, 0.1) is 17.7 Å². The molecule has 2 fully saturated rings. The molecule has 0 unspecified atom stereocenters. The normalized spacial score (nSPS) is 29.5. The molecule has 2 saturated carbocycles. The highest BCUT2D eigenvalue weighted by atomic mass is 35.5. The molecule has 0 N–H and O–H groups in total. The first-order valence-electron chi connectivity index (χ1n) is 10.3. The molecule has 0 aromatic heterocycles. The molecule has 0 atom stereocenters. The van der Waals surface area contributed by atoms with Crippen LogP contribution in [-0.4, -0.2) is 6.10 Å². The van der Waals surface area contributed by atoms with Crippen LogP contribution in [0.25, 0.3) is 0 Å². The average Bonchev–Trinajstić information content (AvgIpc) is 2.68. The van der Waals surface area contributed by atoms with E-state index in [9.17, 15) is 4.39 Å². The molecule has 1 aromatic carbocycles. The van der Waals surface area contributed by atoms with E-state index in [0.29, 0.717) is 12.7 Å². The Morgan fingerprint density at radius 3 is 2.31 bits per heavy atom. The highest BCUT2D eigenvalue weighted by Crippen LogP contribution is 2.41. The molecule has 0 bridgehead atoms. The second-order valence-corrected chi connectivity index (χ2v) is 8.65. The van der Waals surface area contributed by atoms with E-state index >= 15 is 0 Å². The van der Waals surface area contributed by atoms with Crippen molar-refractivity contribution in [1.82, 2.24) is 0 Å². The molecule has 3 heteroatoms. The number of halogens is 2. The number of allylic oxidation sites excluding steroid dienone is 1. The van der Waals surface area contributed by atoms with Crippen molar-refractivity contribution in [3.63, 3.8) is 0 Å². The van der Waals surface area contributed by atoms with Crippen LogP contribution in [0.3, 0.4) is 0 Å². The predicted molar refractivity (Wildman–Crippen MR) is 107 cm³/mol. The van der Waals surface area contributed by atoms with Crippen LogP contribution in [0.4, 0.5) is 4.39 Å². The van der Waals surface area contributed by atoms with E-state index in [0.717, 1.165) is 36.2 Å². The quantitative estimate of drug-likeness (QED) is 0.451. The van der Waals surface area contributed by atoms with Gasteiger partial charge in [0.25, 0.3) is 0 Å². The summed E-state index contributed by atoms with van der Waals surface area (Å²) in [5.41, 5.74) is 0.955. The van der Waals surface area contributed by atoms with Crippen molar-refractivity contribution in [2.24, 2.45) is 17.8 Å². The molecule has 0 aliphatic heterocycles. The summed E-state index contributed by atoms with van der Waals surface area (Å²) in [7, 11) is 0. The zero-order chi connectivity index (χ0) is 18.4. The first-order valence-corrected chi connectivity index (χ1v) is 10.7. The van der Waals surface area contributed by atoms with E-state index in [1.807, 2.05) is 0 Å². The number of hydrogen-bond acceptors (Lipinski definition) is 1. The molecule has 2 aliphatic carbocycles. The lowest BCUT2D eigenvalue weighted by atomic mass is 9.70. The van der Waals surface area contributed by atoms with Gasteiger partial charge in [-0.3, -0.25) is 0 Å². The monoisotopic (exact) mass is 378 g/mol. The van der Waals surface area contributed by atoms with Gasteiger partial charge in [-0.05, 0) is 86.8 Å². The van der Waals surface area contributed by atoms with Crippen LogP contribution in [0.5, 0.6) is 0 Å². The summed E-state index contributed by atoms with van der Waals surface area (Å²) in [6.07, 6.45) is 15.5. The maximum Gasteiger partial charge on any atom is 0.141 e. The van der Waals surface area contributed by atoms with Crippen molar-refractivity contribution in [2.45, 2.75) is 76.9 Å². The van der Waals surface area contributed by atoms with Gasteiger partial charge in [0.2, 0.25) is 0 Å². The van der Waals surface area contributed by atoms with Gasteiger partial charge in [0.15, 0.2) is 0 Å². The summed E-state index contributed by atoms with van der Waals surface area (Å²) in [4.78, 5) is 0. The van der Waals surface area contributed by atoms with Crippen LogP contribution in [0.2, 0.25) is 5.02 Å². The number of ether oxygens (including phenoxy) is 1. The molecule has 3 rings (SSSR count). The number of rotatable bonds is 7. The van der Waals surface area contributed by atoms with Gasteiger partial charge in [-0.15, -0.1) is 6.58 Å². The summed E-state index contributed by atoms with van der Waals surface area (Å²) in [5, 5.41) is 0.179. The van der Waals surface area contributed by atoms with Crippen LogP contribution >= 0.6 is 11.6 Å². The first kappa shape index (κ1) is 19.9. The fourth-order valence-corrected chi connectivity index (χ4v) is 5.08. The van der Waals surface area contributed by atoms with Gasteiger partial charge < -0.3 is 4.74 Å². The molecular formula is C23H32ClFO. The molecular weight excluding hydrogens is 347 g/mol. The summed E-state index contributed by atoms with van der Waals surface area (Å²) in [6, 6.07) is 4.86. The van der Waals surface area contributed by atoms with E-state index in [2.05, 4.69) is 12.7 Å².